The van der Waals surface area contributed by atoms with Crippen LogP contribution in [0.4, 0.5) is 18.3 Å². The Morgan fingerprint density at radius 3 is 2.31 bits per heavy atom. The van der Waals surface area contributed by atoms with Crippen molar-refractivity contribution in [3.8, 4) is 11.3 Å². The third-order valence-electron chi connectivity index (χ3n) is 7.60. The van der Waals surface area contributed by atoms with Gasteiger partial charge >= 0.3 is 0 Å². The van der Waals surface area contributed by atoms with Crippen LogP contribution in [0.1, 0.15) is 49.3 Å². The second-order valence-electron chi connectivity index (χ2n) is 9.92. The third-order valence-corrected chi connectivity index (χ3v) is 8.68. The fraction of sp³-hybridized carbons (Fsp3) is 0.333. The van der Waals surface area contributed by atoms with Crippen LogP contribution in [0.25, 0.3) is 27.0 Å². The van der Waals surface area contributed by atoms with Gasteiger partial charge in [0.15, 0.2) is 5.13 Å². The highest BCUT2D eigenvalue weighted by atomic mass is 32.1. The lowest BCUT2D eigenvalue weighted by molar-refractivity contribution is 0.277. The highest BCUT2D eigenvalue weighted by Gasteiger charge is 2.44. The van der Waals surface area contributed by atoms with E-state index >= 15 is 0 Å². The van der Waals surface area contributed by atoms with Gasteiger partial charge in [0.05, 0.1) is 10.3 Å². The molecule has 0 bridgehead atoms. The lowest BCUT2D eigenvalue weighted by atomic mass is 9.63. The lowest BCUT2D eigenvalue weighted by Crippen LogP contribution is -2.42. The minimum Gasteiger partial charge on any atom is -0.360 e. The summed E-state index contributed by atoms with van der Waals surface area (Å²) in [5, 5.41) is 5.00. The zero-order chi connectivity index (χ0) is 23.7. The maximum atomic E-state index is 14.6. The number of hydrogen-bond acceptors (Lipinski definition) is 5. The van der Waals surface area contributed by atoms with Gasteiger partial charge in [-0.1, -0.05) is 34.7 Å². The van der Waals surface area contributed by atoms with Crippen LogP contribution in [0.3, 0.4) is 0 Å². The Morgan fingerprint density at radius 2 is 1.63 bits per heavy atom. The summed E-state index contributed by atoms with van der Waals surface area (Å²) in [4.78, 5) is 6.78. The topological polar surface area (TPSA) is 42.2 Å². The monoisotopic (exact) mass is 493 g/mol. The van der Waals surface area contributed by atoms with Gasteiger partial charge in [-0.15, -0.1) is 0 Å². The number of hydrogen-bond donors (Lipinski definition) is 0. The van der Waals surface area contributed by atoms with E-state index in [0.717, 1.165) is 71.9 Å². The summed E-state index contributed by atoms with van der Waals surface area (Å²) in [5.74, 6) is -0.501. The lowest BCUT2D eigenvalue weighted by Gasteiger charge is -2.46. The van der Waals surface area contributed by atoms with Crippen molar-refractivity contribution in [2.24, 2.45) is 5.41 Å². The minimum atomic E-state index is -0.628. The number of thiazole rings is 1. The molecule has 2 aromatic carbocycles. The summed E-state index contributed by atoms with van der Waals surface area (Å²) in [6.45, 7) is 1.66. The van der Waals surface area contributed by atoms with E-state index in [1.54, 1.807) is 6.07 Å². The highest BCUT2D eigenvalue weighted by Crippen LogP contribution is 2.56. The number of halogens is 3. The number of anilines is 1. The molecule has 0 unspecified atom stereocenters. The van der Waals surface area contributed by atoms with Crippen LogP contribution in [-0.4, -0.2) is 23.2 Å². The molecule has 0 amide bonds. The predicted molar refractivity (Wildman–Crippen MR) is 130 cm³/mol. The molecule has 0 radical (unpaired) electrons. The SMILES string of the molecule is Fc1cccc(F)c1-c1noc(C2CC2)c1C1=CC2(CCN(c3nc4c(F)cccc4s3)CC2)C1. The number of rotatable bonds is 4. The second-order valence-corrected chi connectivity index (χ2v) is 10.9. The quantitative estimate of drug-likeness (QED) is 0.299. The third kappa shape index (κ3) is 3.41. The molecule has 2 aliphatic carbocycles. The van der Waals surface area contributed by atoms with Gasteiger partial charge in [-0.2, -0.15) is 0 Å². The molecule has 0 N–H and O–H groups in total. The molecule has 1 saturated heterocycles. The molecule has 0 atom stereocenters. The van der Waals surface area contributed by atoms with Crippen molar-refractivity contribution in [2.75, 3.05) is 18.0 Å². The van der Waals surface area contributed by atoms with E-state index in [2.05, 4.69) is 21.1 Å². The molecule has 3 aliphatic rings. The molecule has 1 spiro atoms. The first-order chi connectivity index (χ1) is 17.0. The fourth-order valence-corrected chi connectivity index (χ4v) is 6.55. The largest absolute Gasteiger partial charge is 0.360 e. The molecule has 2 fully saturated rings. The van der Waals surface area contributed by atoms with Crippen LogP contribution in [0.2, 0.25) is 0 Å². The van der Waals surface area contributed by atoms with E-state index in [4.69, 9.17) is 4.52 Å². The van der Waals surface area contributed by atoms with Gasteiger partial charge in [-0.3, -0.25) is 0 Å². The Labute approximate surface area is 204 Å². The van der Waals surface area contributed by atoms with E-state index in [1.165, 1.54) is 35.6 Å². The molecule has 1 aliphatic heterocycles. The van der Waals surface area contributed by atoms with Gasteiger partial charge < -0.3 is 9.42 Å². The van der Waals surface area contributed by atoms with Crippen LogP contribution < -0.4 is 4.90 Å². The second kappa shape index (κ2) is 7.68. The van der Waals surface area contributed by atoms with Crippen molar-refractivity contribution < 1.29 is 17.7 Å². The molecule has 2 aromatic heterocycles. The summed E-state index contributed by atoms with van der Waals surface area (Å²) in [5.41, 5.74) is 2.51. The Balaban J connectivity index is 1.16. The number of nitrogens with zero attached hydrogens (tertiary/aromatic N) is 3. The summed E-state index contributed by atoms with van der Waals surface area (Å²) < 4.78 is 49.8. The van der Waals surface area contributed by atoms with Crippen LogP contribution in [0.15, 0.2) is 47.0 Å². The molecular weight excluding hydrogens is 471 g/mol. The molecular formula is C27H22F3N3OS. The Kier molecular flexibility index (Phi) is 4.65. The first-order valence-electron chi connectivity index (χ1n) is 12.0. The first-order valence-corrected chi connectivity index (χ1v) is 12.8. The van der Waals surface area contributed by atoms with Crippen molar-refractivity contribution in [1.29, 1.82) is 0 Å². The number of aromatic nitrogens is 2. The molecule has 7 rings (SSSR count). The Hall–Kier alpha value is -3.13. The van der Waals surface area contributed by atoms with Crippen LogP contribution in [0.5, 0.6) is 0 Å². The van der Waals surface area contributed by atoms with Crippen molar-refractivity contribution in [3.63, 3.8) is 0 Å². The van der Waals surface area contributed by atoms with Gasteiger partial charge in [0, 0.05) is 24.6 Å². The van der Waals surface area contributed by atoms with Gasteiger partial charge in [-0.25, -0.2) is 18.2 Å². The molecule has 35 heavy (non-hydrogen) atoms. The molecule has 4 aromatic rings. The summed E-state index contributed by atoms with van der Waals surface area (Å²) in [7, 11) is 0. The maximum absolute atomic E-state index is 14.6. The zero-order valence-electron chi connectivity index (χ0n) is 18.9. The molecule has 1 saturated carbocycles. The Morgan fingerprint density at radius 1 is 0.943 bits per heavy atom. The molecule has 8 heteroatoms. The van der Waals surface area contributed by atoms with Gasteiger partial charge in [0.2, 0.25) is 0 Å². The normalized spacial score (nSPS) is 19.3. The van der Waals surface area contributed by atoms with Crippen LogP contribution >= 0.6 is 11.3 Å². The summed E-state index contributed by atoms with van der Waals surface area (Å²) in [6.07, 6.45) is 7.02. The van der Waals surface area contributed by atoms with E-state index < -0.39 is 11.6 Å². The number of benzene rings is 2. The minimum absolute atomic E-state index is 0.0525. The fourth-order valence-electron chi connectivity index (χ4n) is 5.52. The number of piperidine rings is 1. The predicted octanol–water partition coefficient (Wildman–Crippen LogP) is 7.32. The maximum Gasteiger partial charge on any atom is 0.186 e. The van der Waals surface area contributed by atoms with Crippen LogP contribution in [0, 0.1) is 22.9 Å². The Bertz CT molecular complexity index is 1470. The standard InChI is InChI=1S/C27H22F3N3OS/c28-17-3-1-4-18(29)22(17)24-21(25(34-32-24)15-7-8-15)16-13-27(14-16)9-11-33(12-10-27)26-31-23-19(30)5-2-6-20(23)35-26/h1-6,13,15H,7-12,14H2. The van der Waals surface area contributed by atoms with Crippen molar-refractivity contribution >= 4 is 32.3 Å². The molecule has 4 nitrogen and oxygen atoms in total. The molecule has 178 valence electrons. The first kappa shape index (κ1) is 21.2. The number of allylic oxidation sites excluding steroid dienone is 2. The van der Waals surface area contributed by atoms with Crippen molar-refractivity contribution in [1.82, 2.24) is 10.1 Å². The number of fused-ring (bicyclic) bond motifs is 1. The summed E-state index contributed by atoms with van der Waals surface area (Å²) >= 11 is 1.52. The van der Waals surface area contributed by atoms with E-state index in [0.29, 0.717) is 5.52 Å². The van der Waals surface area contributed by atoms with Crippen molar-refractivity contribution in [3.05, 3.63) is 71.2 Å². The average molecular weight is 494 g/mol. The van der Waals surface area contributed by atoms with E-state index in [9.17, 15) is 13.2 Å². The van der Waals surface area contributed by atoms with E-state index in [-0.39, 0.29) is 28.4 Å². The average Bonchev–Trinajstić information content (AvgIpc) is 3.43. The smallest absolute Gasteiger partial charge is 0.186 e. The highest BCUT2D eigenvalue weighted by molar-refractivity contribution is 7.22. The number of para-hydroxylation sites is 1. The van der Waals surface area contributed by atoms with Gasteiger partial charge in [-0.05, 0) is 67.4 Å². The van der Waals surface area contributed by atoms with Crippen molar-refractivity contribution in [2.45, 2.75) is 38.0 Å². The van der Waals surface area contributed by atoms with E-state index in [1.807, 2.05) is 6.07 Å². The summed E-state index contributed by atoms with van der Waals surface area (Å²) in [6, 6.07) is 8.94. The zero-order valence-corrected chi connectivity index (χ0v) is 19.7. The van der Waals surface area contributed by atoms with Gasteiger partial charge in [0.1, 0.15) is 34.4 Å². The van der Waals surface area contributed by atoms with Gasteiger partial charge in [0.25, 0.3) is 0 Å². The molecule has 3 heterocycles. The van der Waals surface area contributed by atoms with Crippen LogP contribution in [-0.2, 0) is 0 Å².